The molecule has 1 N–H and O–H groups in total. The van der Waals surface area contributed by atoms with Crippen LogP contribution in [0.15, 0.2) is 57.2 Å². The number of hydrogen-bond donors (Lipinski definition) is 1. The van der Waals surface area contributed by atoms with E-state index in [9.17, 15) is 13.2 Å². The summed E-state index contributed by atoms with van der Waals surface area (Å²) in [6, 6.07) is 14.1. The largest absolute Gasteiger partial charge is 0.444 e. The van der Waals surface area contributed by atoms with Crippen LogP contribution in [0.1, 0.15) is 31.9 Å². The van der Waals surface area contributed by atoms with Gasteiger partial charge in [0.1, 0.15) is 5.60 Å². The smallest absolute Gasteiger partial charge is 0.412 e. The number of benzene rings is 2. The quantitative estimate of drug-likeness (QED) is 0.413. The van der Waals surface area contributed by atoms with Crippen LogP contribution in [0, 0.1) is 6.92 Å². The molecule has 6 nitrogen and oxygen atoms in total. The van der Waals surface area contributed by atoms with Crippen LogP contribution in [-0.4, -0.2) is 20.1 Å². The first-order chi connectivity index (χ1) is 15.0. The fourth-order valence-corrected chi connectivity index (χ4v) is 6.72. The third-order valence-electron chi connectivity index (χ3n) is 4.89. The van der Waals surface area contributed by atoms with Crippen molar-refractivity contribution in [1.29, 1.82) is 0 Å². The van der Waals surface area contributed by atoms with Gasteiger partial charge < -0.3 is 4.74 Å². The molecule has 0 fully saturated rings. The van der Waals surface area contributed by atoms with Crippen molar-refractivity contribution in [2.45, 2.75) is 44.7 Å². The van der Waals surface area contributed by atoms with E-state index in [1.807, 2.05) is 13.0 Å². The van der Waals surface area contributed by atoms with Gasteiger partial charge in [-0.3, -0.25) is 9.62 Å². The van der Waals surface area contributed by atoms with E-state index < -0.39 is 21.7 Å². The maximum atomic E-state index is 13.5. The summed E-state index contributed by atoms with van der Waals surface area (Å²) in [5.41, 5.74) is 3.13. The number of ether oxygens (including phenoxy) is 1. The average molecular weight is 535 g/mol. The fraction of sp³-hybridized carbons (Fsp3) is 0.261. The van der Waals surface area contributed by atoms with E-state index in [-0.39, 0.29) is 11.4 Å². The average Bonchev–Trinajstić information content (AvgIpc) is 3.07. The number of nitrogens with one attached hydrogen (secondary N) is 1. The van der Waals surface area contributed by atoms with Gasteiger partial charge in [-0.25, -0.2) is 13.2 Å². The van der Waals surface area contributed by atoms with Crippen molar-refractivity contribution in [3.05, 3.63) is 63.4 Å². The number of anilines is 2. The highest BCUT2D eigenvalue weighted by Crippen LogP contribution is 2.50. The SMILES string of the molecule is Cc1ccc(S(=O)(=O)N2Cc3cccc(NC(=O)OC(C)(C)C)c3-c3sc(Br)cc32)cc1. The number of carbonyl (C=O) groups excluding carboxylic acids is 1. The zero-order valence-electron chi connectivity index (χ0n) is 18.1. The van der Waals surface area contributed by atoms with E-state index >= 15 is 0 Å². The number of carbonyl (C=O) groups is 1. The first-order valence-corrected chi connectivity index (χ1v) is 13.0. The summed E-state index contributed by atoms with van der Waals surface area (Å²) in [7, 11) is -3.77. The molecule has 0 bridgehead atoms. The van der Waals surface area contributed by atoms with Crippen molar-refractivity contribution in [1.82, 2.24) is 0 Å². The molecule has 1 aliphatic rings. The predicted octanol–water partition coefficient (Wildman–Crippen LogP) is 6.54. The summed E-state index contributed by atoms with van der Waals surface area (Å²) < 4.78 is 34.7. The molecule has 0 saturated carbocycles. The highest BCUT2D eigenvalue weighted by Gasteiger charge is 2.35. The van der Waals surface area contributed by atoms with E-state index in [2.05, 4.69) is 21.2 Å². The molecule has 2 heterocycles. The Bertz CT molecular complexity index is 1290. The Morgan fingerprint density at radius 1 is 1.16 bits per heavy atom. The van der Waals surface area contributed by atoms with Gasteiger partial charge in [0, 0.05) is 5.56 Å². The van der Waals surface area contributed by atoms with Gasteiger partial charge in [-0.2, -0.15) is 0 Å². The molecule has 4 rings (SSSR count). The lowest BCUT2D eigenvalue weighted by Gasteiger charge is -2.31. The van der Waals surface area contributed by atoms with Gasteiger partial charge in [-0.1, -0.05) is 29.8 Å². The Hall–Kier alpha value is -2.36. The molecule has 1 amide bonds. The summed E-state index contributed by atoms with van der Waals surface area (Å²) in [5, 5.41) is 2.83. The molecule has 3 aromatic rings. The highest BCUT2D eigenvalue weighted by molar-refractivity contribution is 9.11. The fourth-order valence-electron chi connectivity index (χ4n) is 3.53. The van der Waals surface area contributed by atoms with Crippen molar-refractivity contribution >= 4 is 54.8 Å². The summed E-state index contributed by atoms with van der Waals surface area (Å²) in [6.45, 7) is 7.48. The second-order valence-corrected chi connectivity index (χ2v) is 12.8. The molecule has 2 aromatic carbocycles. The molecule has 0 unspecified atom stereocenters. The van der Waals surface area contributed by atoms with Gasteiger partial charge >= 0.3 is 6.09 Å². The normalized spacial score (nSPS) is 13.3. The van der Waals surface area contributed by atoms with Crippen LogP contribution in [-0.2, 0) is 21.3 Å². The van der Waals surface area contributed by atoms with Crippen LogP contribution < -0.4 is 9.62 Å². The van der Waals surface area contributed by atoms with Crippen LogP contribution in [0.2, 0.25) is 0 Å². The Morgan fingerprint density at radius 2 is 1.84 bits per heavy atom. The second kappa shape index (κ2) is 8.20. The number of fused-ring (bicyclic) bond motifs is 3. The van der Waals surface area contributed by atoms with Crippen molar-refractivity contribution in [3.63, 3.8) is 0 Å². The molecule has 0 atom stereocenters. The molecule has 0 aliphatic carbocycles. The molecule has 0 radical (unpaired) electrons. The highest BCUT2D eigenvalue weighted by atomic mass is 79.9. The van der Waals surface area contributed by atoms with Crippen LogP contribution >= 0.6 is 27.3 Å². The van der Waals surface area contributed by atoms with Gasteiger partial charge in [0.2, 0.25) is 0 Å². The summed E-state index contributed by atoms with van der Waals surface area (Å²) >= 11 is 4.93. The lowest BCUT2D eigenvalue weighted by atomic mass is 9.99. The molecule has 0 spiro atoms. The number of halogens is 1. The Kier molecular flexibility index (Phi) is 5.85. The minimum absolute atomic E-state index is 0.158. The number of thiophene rings is 1. The number of rotatable bonds is 3. The topological polar surface area (TPSA) is 75.7 Å². The first kappa shape index (κ1) is 22.8. The summed E-state index contributed by atoms with van der Waals surface area (Å²) in [4.78, 5) is 13.4. The van der Waals surface area contributed by atoms with Crippen molar-refractivity contribution in [2.24, 2.45) is 0 Å². The van der Waals surface area contributed by atoms with E-state index in [0.29, 0.717) is 11.4 Å². The van der Waals surface area contributed by atoms with E-state index in [1.54, 1.807) is 63.2 Å². The van der Waals surface area contributed by atoms with Crippen LogP contribution in [0.25, 0.3) is 10.4 Å². The molecule has 168 valence electrons. The van der Waals surface area contributed by atoms with Gasteiger partial charge in [0.15, 0.2) is 0 Å². The van der Waals surface area contributed by atoms with E-state index in [0.717, 1.165) is 25.4 Å². The van der Waals surface area contributed by atoms with E-state index in [1.165, 1.54) is 15.6 Å². The standard InChI is InChI=1S/C23H23BrN2O4S2/c1-14-8-10-16(11-9-14)32(28,29)26-13-15-6-5-7-17(25-22(27)30-23(2,3)4)20(15)21-18(26)12-19(24)31-21/h5-12H,13H2,1-4H3,(H,25,27). The summed E-state index contributed by atoms with van der Waals surface area (Å²) in [6.07, 6.45) is -0.558. The first-order valence-electron chi connectivity index (χ1n) is 9.97. The number of aryl methyl sites for hydroxylation is 1. The third kappa shape index (κ3) is 4.42. The van der Waals surface area contributed by atoms with Gasteiger partial charge in [0.05, 0.1) is 31.5 Å². The Morgan fingerprint density at radius 3 is 2.50 bits per heavy atom. The molecule has 9 heteroatoms. The summed E-state index contributed by atoms with van der Waals surface area (Å²) in [5.74, 6) is 0. The van der Waals surface area contributed by atoms with Crippen molar-refractivity contribution in [3.8, 4) is 10.4 Å². The maximum absolute atomic E-state index is 13.5. The number of amides is 1. The lowest BCUT2D eigenvalue weighted by Crippen LogP contribution is -2.33. The minimum atomic E-state index is -3.77. The Balaban J connectivity index is 1.78. The molecular formula is C23H23BrN2O4S2. The lowest BCUT2D eigenvalue weighted by molar-refractivity contribution is 0.0636. The van der Waals surface area contributed by atoms with Gasteiger partial charge in [-0.05, 0) is 73.5 Å². The predicted molar refractivity (Wildman–Crippen MR) is 132 cm³/mol. The van der Waals surface area contributed by atoms with Crippen molar-refractivity contribution < 1.29 is 17.9 Å². The second-order valence-electron chi connectivity index (χ2n) is 8.56. The van der Waals surface area contributed by atoms with Gasteiger partial charge in [0.25, 0.3) is 10.0 Å². The monoisotopic (exact) mass is 534 g/mol. The minimum Gasteiger partial charge on any atom is -0.444 e. The molecular weight excluding hydrogens is 512 g/mol. The van der Waals surface area contributed by atoms with Crippen molar-refractivity contribution in [2.75, 3.05) is 9.62 Å². The number of hydrogen-bond acceptors (Lipinski definition) is 5. The van der Waals surface area contributed by atoms with Crippen LogP contribution in [0.3, 0.4) is 0 Å². The van der Waals surface area contributed by atoms with Crippen LogP contribution in [0.4, 0.5) is 16.2 Å². The zero-order chi connectivity index (χ0) is 23.3. The van der Waals surface area contributed by atoms with Crippen LogP contribution in [0.5, 0.6) is 0 Å². The zero-order valence-corrected chi connectivity index (χ0v) is 21.3. The number of sulfonamides is 1. The molecule has 32 heavy (non-hydrogen) atoms. The molecule has 0 saturated heterocycles. The number of nitrogens with zero attached hydrogens (tertiary/aromatic N) is 1. The molecule has 1 aliphatic heterocycles. The third-order valence-corrected chi connectivity index (χ3v) is 8.31. The maximum Gasteiger partial charge on any atom is 0.412 e. The van der Waals surface area contributed by atoms with Gasteiger partial charge in [-0.15, -0.1) is 11.3 Å². The molecule has 1 aromatic heterocycles. The van der Waals surface area contributed by atoms with E-state index in [4.69, 9.17) is 4.74 Å². The Labute approximate surface area is 200 Å².